The van der Waals surface area contributed by atoms with E-state index in [0.717, 1.165) is 25.2 Å². The van der Waals surface area contributed by atoms with Crippen LogP contribution in [0, 0.1) is 5.92 Å². The summed E-state index contributed by atoms with van der Waals surface area (Å²) < 4.78 is 10.9. The summed E-state index contributed by atoms with van der Waals surface area (Å²) in [6.45, 7) is 1.31. The average molecular weight is 211 g/mol. The number of rotatable bonds is 0. The van der Waals surface area contributed by atoms with E-state index in [1.165, 1.54) is 13.0 Å². The third-order valence-corrected chi connectivity index (χ3v) is 4.13. The van der Waals surface area contributed by atoms with E-state index in [9.17, 15) is 4.79 Å². The molecule has 15 heavy (non-hydrogen) atoms. The first kappa shape index (κ1) is 9.60. The fraction of sp³-hybridized carbons (Fsp3) is 0.909. The van der Waals surface area contributed by atoms with Gasteiger partial charge >= 0.3 is 5.97 Å². The Morgan fingerprint density at radius 3 is 3.07 bits per heavy atom. The summed E-state index contributed by atoms with van der Waals surface area (Å²) in [6.07, 6.45) is 4.15. The molecular weight excluding hydrogens is 194 g/mol. The van der Waals surface area contributed by atoms with Gasteiger partial charge in [0.25, 0.3) is 0 Å². The van der Waals surface area contributed by atoms with Gasteiger partial charge in [0.15, 0.2) is 0 Å². The van der Waals surface area contributed by atoms with Gasteiger partial charge in [-0.1, -0.05) is 0 Å². The van der Waals surface area contributed by atoms with Crippen LogP contribution in [-0.2, 0) is 14.3 Å². The number of likely N-dealkylation sites (tertiary alicyclic amines) is 1. The van der Waals surface area contributed by atoms with Crippen molar-refractivity contribution < 1.29 is 14.3 Å². The third kappa shape index (κ3) is 1.47. The molecule has 0 N–H and O–H groups in total. The fourth-order valence-corrected chi connectivity index (χ4v) is 3.25. The van der Waals surface area contributed by atoms with E-state index < -0.39 is 5.79 Å². The van der Waals surface area contributed by atoms with Gasteiger partial charge in [-0.25, -0.2) is 4.79 Å². The maximum Gasteiger partial charge on any atom is 0.334 e. The standard InChI is InChI=1S/C11H17NO3/c1-12-5-3-8-2-4-11(6-9(8)12)14-7-10(13)15-11/h8-9H,2-7H2,1H3. The Bertz CT molecular complexity index is 294. The minimum absolute atomic E-state index is 0.140. The lowest BCUT2D eigenvalue weighted by molar-refractivity contribution is -0.196. The smallest absolute Gasteiger partial charge is 0.334 e. The van der Waals surface area contributed by atoms with Crippen LogP contribution < -0.4 is 0 Å². The van der Waals surface area contributed by atoms with E-state index in [1.54, 1.807) is 0 Å². The molecule has 3 atom stereocenters. The summed E-state index contributed by atoms with van der Waals surface area (Å²) in [5, 5.41) is 0. The number of nitrogens with zero attached hydrogens (tertiary/aromatic N) is 1. The Labute approximate surface area is 89.5 Å². The molecule has 0 aromatic heterocycles. The van der Waals surface area contributed by atoms with Gasteiger partial charge in [0.05, 0.1) is 0 Å². The minimum Gasteiger partial charge on any atom is -0.431 e. The summed E-state index contributed by atoms with van der Waals surface area (Å²) in [4.78, 5) is 13.5. The van der Waals surface area contributed by atoms with Crippen LogP contribution in [0.1, 0.15) is 25.7 Å². The Morgan fingerprint density at radius 2 is 2.33 bits per heavy atom. The highest BCUT2D eigenvalue weighted by molar-refractivity contribution is 5.72. The number of hydrogen-bond acceptors (Lipinski definition) is 4. The zero-order valence-corrected chi connectivity index (χ0v) is 9.07. The number of carbonyl (C=O) groups is 1. The van der Waals surface area contributed by atoms with Crippen LogP contribution in [0.5, 0.6) is 0 Å². The number of ether oxygens (including phenoxy) is 2. The second kappa shape index (κ2) is 3.19. The predicted molar refractivity (Wildman–Crippen MR) is 53.2 cm³/mol. The van der Waals surface area contributed by atoms with Crippen molar-refractivity contribution in [2.45, 2.75) is 37.5 Å². The van der Waals surface area contributed by atoms with Crippen molar-refractivity contribution in [3.8, 4) is 0 Å². The van der Waals surface area contributed by atoms with Crippen LogP contribution in [0.2, 0.25) is 0 Å². The third-order valence-electron chi connectivity index (χ3n) is 4.13. The van der Waals surface area contributed by atoms with Crippen LogP contribution in [0.3, 0.4) is 0 Å². The largest absolute Gasteiger partial charge is 0.431 e. The molecule has 84 valence electrons. The highest BCUT2D eigenvalue weighted by Crippen LogP contribution is 2.44. The molecule has 0 bridgehead atoms. The minimum atomic E-state index is -0.573. The highest BCUT2D eigenvalue weighted by Gasteiger charge is 2.50. The Hall–Kier alpha value is -0.610. The quantitative estimate of drug-likeness (QED) is 0.554. The first-order valence-electron chi connectivity index (χ1n) is 5.75. The van der Waals surface area contributed by atoms with Crippen molar-refractivity contribution in [1.29, 1.82) is 0 Å². The Kier molecular flexibility index (Phi) is 2.04. The van der Waals surface area contributed by atoms with Gasteiger partial charge in [-0.2, -0.15) is 0 Å². The first-order chi connectivity index (χ1) is 7.19. The first-order valence-corrected chi connectivity index (χ1v) is 5.75. The van der Waals surface area contributed by atoms with Gasteiger partial charge in [-0.15, -0.1) is 0 Å². The zero-order chi connectivity index (χ0) is 10.5. The summed E-state index contributed by atoms with van der Waals surface area (Å²) in [7, 11) is 2.15. The van der Waals surface area contributed by atoms with Gasteiger partial charge < -0.3 is 14.4 Å². The van der Waals surface area contributed by atoms with Crippen molar-refractivity contribution in [3.05, 3.63) is 0 Å². The fourth-order valence-electron chi connectivity index (χ4n) is 3.25. The molecule has 0 amide bonds. The molecule has 1 aliphatic carbocycles. The average Bonchev–Trinajstić information content (AvgIpc) is 2.74. The predicted octanol–water partition coefficient (Wildman–Crippen LogP) is 0.760. The summed E-state index contributed by atoms with van der Waals surface area (Å²) in [5.41, 5.74) is 0. The monoisotopic (exact) mass is 211 g/mol. The molecule has 3 unspecified atom stereocenters. The van der Waals surface area contributed by atoms with Crippen molar-refractivity contribution in [1.82, 2.24) is 4.90 Å². The molecule has 2 heterocycles. The molecule has 3 rings (SSSR count). The number of esters is 1. The van der Waals surface area contributed by atoms with Gasteiger partial charge in [-0.3, -0.25) is 0 Å². The van der Waals surface area contributed by atoms with Crippen LogP contribution >= 0.6 is 0 Å². The molecule has 1 spiro atoms. The summed E-state index contributed by atoms with van der Waals surface area (Å²) in [5.74, 6) is 0.00857. The molecule has 0 radical (unpaired) electrons. The molecule has 2 saturated heterocycles. The molecule has 4 nitrogen and oxygen atoms in total. The zero-order valence-electron chi connectivity index (χ0n) is 9.07. The van der Waals surface area contributed by atoms with E-state index in [2.05, 4.69) is 11.9 Å². The lowest BCUT2D eigenvalue weighted by Crippen LogP contribution is -2.45. The molecule has 3 fully saturated rings. The molecule has 4 heteroatoms. The van der Waals surface area contributed by atoms with E-state index >= 15 is 0 Å². The van der Waals surface area contributed by atoms with Crippen molar-refractivity contribution in [2.75, 3.05) is 20.2 Å². The van der Waals surface area contributed by atoms with Gasteiger partial charge in [0.1, 0.15) is 6.61 Å². The van der Waals surface area contributed by atoms with Gasteiger partial charge in [0, 0.05) is 18.9 Å². The highest BCUT2D eigenvalue weighted by atomic mass is 16.8. The Balaban J connectivity index is 1.76. The normalized spacial score (nSPS) is 45.8. The van der Waals surface area contributed by atoms with E-state index in [1.807, 2.05) is 0 Å². The number of hydrogen-bond donors (Lipinski definition) is 0. The SMILES string of the molecule is CN1CCC2CCC3(CC21)OCC(=O)O3. The van der Waals surface area contributed by atoms with Crippen LogP contribution in [0.15, 0.2) is 0 Å². The van der Waals surface area contributed by atoms with Crippen LogP contribution in [0.4, 0.5) is 0 Å². The second-order valence-electron chi connectivity index (χ2n) is 5.01. The molecular formula is C11H17NO3. The van der Waals surface area contributed by atoms with Crippen molar-refractivity contribution in [3.63, 3.8) is 0 Å². The topological polar surface area (TPSA) is 38.8 Å². The second-order valence-corrected chi connectivity index (χ2v) is 5.01. The summed E-state index contributed by atoms with van der Waals surface area (Å²) >= 11 is 0. The van der Waals surface area contributed by atoms with E-state index in [-0.39, 0.29) is 12.6 Å². The maximum absolute atomic E-state index is 11.1. The number of fused-ring (bicyclic) bond motifs is 1. The Morgan fingerprint density at radius 1 is 1.47 bits per heavy atom. The van der Waals surface area contributed by atoms with Crippen LogP contribution in [-0.4, -0.2) is 42.9 Å². The molecule has 1 saturated carbocycles. The summed E-state index contributed by atoms with van der Waals surface area (Å²) in [6, 6.07) is 0.546. The van der Waals surface area contributed by atoms with E-state index in [4.69, 9.17) is 9.47 Å². The van der Waals surface area contributed by atoms with Gasteiger partial charge in [-0.05, 0) is 32.4 Å². The van der Waals surface area contributed by atoms with Crippen molar-refractivity contribution in [2.24, 2.45) is 5.92 Å². The maximum atomic E-state index is 11.1. The molecule has 0 aromatic carbocycles. The lowest BCUT2D eigenvalue weighted by Gasteiger charge is -2.39. The number of carbonyl (C=O) groups excluding carboxylic acids is 1. The van der Waals surface area contributed by atoms with Crippen LogP contribution in [0.25, 0.3) is 0 Å². The van der Waals surface area contributed by atoms with Crippen molar-refractivity contribution >= 4 is 5.97 Å². The lowest BCUT2D eigenvalue weighted by atomic mass is 9.81. The van der Waals surface area contributed by atoms with Gasteiger partial charge in [0.2, 0.25) is 5.79 Å². The molecule has 2 aliphatic heterocycles. The van der Waals surface area contributed by atoms with E-state index in [0.29, 0.717) is 6.04 Å². The molecule has 3 aliphatic rings. The molecule has 0 aromatic rings.